The van der Waals surface area contributed by atoms with E-state index in [9.17, 15) is 4.79 Å². The monoisotopic (exact) mass is 251 g/mol. The van der Waals surface area contributed by atoms with Gasteiger partial charge in [0.15, 0.2) is 0 Å². The van der Waals surface area contributed by atoms with Gasteiger partial charge in [-0.25, -0.2) is 4.79 Å². The van der Waals surface area contributed by atoms with Crippen molar-refractivity contribution in [3.8, 4) is 0 Å². The van der Waals surface area contributed by atoms with Crippen LogP contribution in [0, 0.1) is 6.92 Å². The minimum absolute atomic E-state index is 0.314. The van der Waals surface area contributed by atoms with Gasteiger partial charge in [0.25, 0.3) is 0 Å². The largest absolute Gasteiger partial charge is 0.465 e. The molecule has 0 aliphatic rings. The summed E-state index contributed by atoms with van der Waals surface area (Å²) in [4.78, 5) is 15.8. The first kappa shape index (κ1) is 11.7. The van der Waals surface area contributed by atoms with E-state index < -0.39 is 0 Å². The molecule has 0 atom stereocenters. The molecule has 0 aliphatic heterocycles. The lowest BCUT2D eigenvalue weighted by Gasteiger charge is -2.08. The number of methoxy groups -OCH3 is 1. The Balaban J connectivity index is 2.37. The molecule has 0 amide bonds. The Morgan fingerprint density at radius 3 is 2.74 bits per heavy atom. The fourth-order valence-electron chi connectivity index (χ4n) is 2.44. The molecule has 3 heteroatoms. The summed E-state index contributed by atoms with van der Waals surface area (Å²) in [5.41, 5.74) is 1.74. The highest BCUT2D eigenvalue weighted by molar-refractivity contribution is 6.10. The smallest absolute Gasteiger partial charge is 0.337 e. The van der Waals surface area contributed by atoms with E-state index in [0.717, 1.165) is 16.2 Å². The zero-order valence-corrected chi connectivity index (χ0v) is 10.8. The predicted octanol–water partition coefficient (Wildman–Crippen LogP) is 3.48. The first-order valence-corrected chi connectivity index (χ1v) is 6.06. The van der Waals surface area contributed by atoms with Crippen molar-refractivity contribution in [1.29, 1.82) is 0 Å². The van der Waals surface area contributed by atoms with Gasteiger partial charge < -0.3 is 4.74 Å². The van der Waals surface area contributed by atoms with Gasteiger partial charge in [0.05, 0.1) is 12.7 Å². The normalized spacial score (nSPS) is 10.8. The lowest BCUT2D eigenvalue weighted by molar-refractivity contribution is 0.0601. The summed E-state index contributed by atoms with van der Waals surface area (Å²) >= 11 is 0. The van der Waals surface area contributed by atoms with Crippen LogP contribution in [-0.4, -0.2) is 18.1 Å². The van der Waals surface area contributed by atoms with E-state index in [4.69, 9.17) is 4.74 Å². The second kappa shape index (κ2) is 4.35. The maximum absolute atomic E-state index is 11.6. The molecule has 3 nitrogen and oxygen atoms in total. The van der Waals surface area contributed by atoms with E-state index >= 15 is 0 Å². The Bertz CT molecular complexity index is 793. The number of aryl methyl sites for hydroxylation is 1. The average molecular weight is 251 g/mol. The molecule has 0 unspecified atom stereocenters. The molecule has 1 aromatic heterocycles. The lowest BCUT2D eigenvalue weighted by atomic mass is 9.98. The number of aromatic nitrogens is 1. The number of ether oxygens (including phenoxy) is 1. The zero-order valence-electron chi connectivity index (χ0n) is 10.8. The molecule has 0 spiro atoms. The Morgan fingerprint density at radius 1 is 1.11 bits per heavy atom. The van der Waals surface area contributed by atoms with Gasteiger partial charge in [0.1, 0.15) is 0 Å². The van der Waals surface area contributed by atoms with Crippen LogP contribution < -0.4 is 0 Å². The van der Waals surface area contributed by atoms with Crippen molar-refractivity contribution in [2.24, 2.45) is 0 Å². The summed E-state index contributed by atoms with van der Waals surface area (Å²) in [5, 5.41) is 4.42. The predicted molar refractivity (Wildman–Crippen MR) is 75.3 cm³/mol. The molecule has 2 aromatic carbocycles. The molecular formula is C16H13NO2. The molecule has 94 valence electrons. The van der Waals surface area contributed by atoms with Crippen LogP contribution in [0.5, 0.6) is 0 Å². The molecule has 0 N–H and O–H groups in total. The fourth-order valence-corrected chi connectivity index (χ4v) is 2.44. The van der Waals surface area contributed by atoms with Crippen LogP contribution in [0.3, 0.4) is 0 Å². The molecule has 0 bridgehead atoms. The van der Waals surface area contributed by atoms with Crippen LogP contribution in [0.15, 0.2) is 42.7 Å². The van der Waals surface area contributed by atoms with Gasteiger partial charge in [0.2, 0.25) is 0 Å². The first-order valence-electron chi connectivity index (χ1n) is 6.06. The third-order valence-electron chi connectivity index (χ3n) is 3.38. The lowest BCUT2D eigenvalue weighted by Crippen LogP contribution is -2.00. The van der Waals surface area contributed by atoms with Gasteiger partial charge in [0, 0.05) is 17.8 Å². The van der Waals surface area contributed by atoms with Crippen LogP contribution in [0.4, 0.5) is 0 Å². The van der Waals surface area contributed by atoms with Gasteiger partial charge in [-0.1, -0.05) is 12.1 Å². The highest BCUT2D eigenvalue weighted by Crippen LogP contribution is 2.28. The second-order valence-electron chi connectivity index (χ2n) is 4.54. The number of fused-ring (bicyclic) bond motifs is 3. The molecule has 0 radical (unpaired) electrons. The maximum atomic E-state index is 11.6. The van der Waals surface area contributed by atoms with Gasteiger partial charge >= 0.3 is 5.97 Å². The van der Waals surface area contributed by atoms with E-state index in [-0.39, 0.29) is 5.97 Å². The minimum atomic E-state index is -0.314. The van der Waals surface area contributed by atoms with E-state index in [2.05, 4.69) is 18.0 Å². The molecule has 19 heavy (non-hydrogen) atoms. The summed E-state index contributed by atoms with van der Waals surface area (Å²) in [6, 6.07) is 9.70. The van der Waals surface area contributed by atoms with E-state index in [1.165, 1.54) is 18.1 Å². The SMILES string of the molecule is COC(=O)c1ccc2c(c1)cc(C)c1ccncc12. The van der Waals surface area contributed by atoms with Gasteiger partial charge in [-0.15, -0.1) is 0 Å². The molecule has 0 saturated heterocycles. The van der Waals surface area contributed by atoms with Gasteiger partial charge in [-0.2, -0.15) is 0 Å². The first-order chi connectivity index (χ1) is 9.20. The van der Waals surface area contributed by atoms with Crippen molar-refractivity contribution >= 4 is 27.5 Å². The van der Waals surface area contributed by atoms with Crippen LogP contribution >= 0.6 is 0 Å². The molecule has 0 aliphatic carbocycles. The highest BCUT2D eigenvalue weighted by atomic mass is 16.5. The van der Waals surface area contributed by atoms with Crippen molar-refractivity contribution < 1.29 is 9.53 Å². The van der Waals surface area contributed by atoms with Crippen molar-refractivity contribution in [3.05, 3.63) is 53.9 Å². The van der Waals surface area contributed by atoms with Crippen molar-refractivity contribution in [1.82, 2.24) is 4.98 Å². The summed E-state index contributed by atoms with van der Waals surface area (Å²) in [7, 11) is 1.39. The van der Waals surface area contributed by atoms with E-state index in [1.54, 1.807) is 12.3 Å². The number of carbonyl (C=O) groups excluding carboxylic acids is 1. The molecule has 0 fully saturated rings. The van der Waals surface area contributed by atoms with Crippen molar-refractivity contribution in [2.75, 3.05) is 7.11 Å². The number of hydrogen-bond acceptors (Lipinski definition) is 3. The Kier molecular flexibility index (Phi) is 2.67. The number of benzene rings is 2. The highest BCUT2D eigenvalue weighted by Gasteiger charge is 2.09. The summed E-state index contributed by atoms with van der Waals surface area (Å²) < 4.78 is 4.75. The number of carbonyl (C=O) groups is 1. The molecule has 3 aromatic rings. The van der Waals surface area contributed by atoms with Crippen molar-refractivity contribution in [3.63, 3.8) is 0 Å². The molecular weight excluding hydrogens is 238 g/mol. The Morgan fingerprint density at radius 2 is 1.95 bits per heavy atom. The number of nitrogens with zero attached hydrogens (tertiary/aromatic N) is 1. The third-order valence-corrected chi connectivity index (χ3v) is 3.38. The van der Waals surface area contributed by atoms with Crippen LogP contribution in [0.2, 0.25) is 0 Å². The topological polar surface area (TPSA) is 39.2 Å². The Hall–Kier alpha value is -2.42. The summed E-state index contributed by atoms with van der Waals surface area (Å²) in [6.45, 7) is 2.06. The standard InChI is InChI=1S/C16H13NO2/c1-10-7-12-8-11(16(18)19-2)3-4-14(12)15-9-17-6-5-13(10)15/h3-9H,1-2H3. The van der Waals surface area contributed by atoms with Gasteiger partial charge in [-0.05, 0) is 46.8 Å². The number of hydrogen-bond donors (Lipinski definition) is 0. The van der Waals surface area contributed by atoms with Crippen LogP contribution in [-0.2, 0) is 4.74 Å². The van der Waals surface area contributed by atoms with E-state index in [0.29, 0.717) is 5.56 Å². The quantitative estimate of drug-likeness (QED) is 0.491. The zero-order chi connectivity index (χ0) is 13.4. The number of rotatable bonds is 1. The molecule has 3 rings (SSSR count). The molecule has 0 saturated carbocycles. The third kappa shape index (κ3) is 1.83. The van der Waals surface area contributed by atoms with E-state index in [1.807, 2.05) is 24.4 Å². The van der Waals surface area contributed by atoms with Crippen LogP contribution in [0.1, 0.15) is 15.9 Å². The van der Waals surface area contributed by atoms with Crippen LogP contribution in [0.25, 0.3) is 21.5 Å². The molecule has 1 heterocycles. The van der Waals surface area contributed by atoms with Crippen molar-refractivity contribution in [2.45, 2.75) is 6.92 Å². The average Bonchev–Trinajstić information content (AvgIpc) is 2.46. The number of pyridine rings is 1. The fraction of sp³-hybridized carbons (Fsp3) is 0.125. The number of esters is 1. The van der Waals surface area contributed by atoms with Gasteiger partial charge in [-0.3, -0.25) is 4.98 Å². The Labute approximate surface area is 110 Å². The second-order valence-corrected chi connectivity index (χ2v) is 4.54. The minimum Gasteiger partial charge on any atom is -0.465 e. The summed E-state index contributed by atoms with van der Waals surface area (Å²) in [5.74, 6) is -0.314. The maximum Gasteiger partial charge on any atom is 0.337 e. The summed E-state index contributed by atoms with van der Waals surface area (Å²) in [6.07, 6.45) is 3.66.